The Hall–Kier alpha value is 0.900. The molecule has 0 aliphatic carbocycles. The van der Waals surface area contributed by atoms with Crippen molar-refractivity contribution in [3.8, 4) is 0 Å². The average molecular weight is 349 g/mol. The molecular formula is C16H33NNa2O4. The Morgan fingerprint density at radius 3 is 1.39 bits per heavy atom. The molecule has 0 spiro atoms. The van der Waals surface area contributed by atoms with E-state index in [0.717, 1.165) is 19.3 Å². The second kappa shape index (κ2) is 20.9. The quantitative estimate of drug-likeness (QED) is 0.350. The van der Waals surface area contributed by atoms with Crippen molar-refractivity contribution < 1.29 is 19.8 Å². The van der Waals surface area contributed by atoms with E-state index in [1.807, 2.05) is 0 Å². The molecule has 0 radical (unpaired) electrons. The van der Waals surface area contributed by atoms with Gasteiger partial charge in [-0.25, -0.2) is 0 Å². The van der Waals surface area contributed by atoms with Crippen molar-refractivity contribution in [3.63, 3.8) is 0 Å². The van der Waals surface area contributed by atoms with Gasteiger partial charge in [-0.05, 0) is 13.0 Å². The maximum absolute atomic E-state index is 10.6. The molecule has 0 aromatic heterocycles. The topological polar surface area (TPSA) is 77.8 Å². The minimum atomic E-state index is -0.969. The number of carboxylic acids is 2. The molecule has 0 aliphatic rings. The van der Waals surface area contributed by atoms with E-state index in [2.05, 4.69) is 6.92 Å². The molecule has 2 N–H and O–H groups in total. The van der Waals surface area contributed by atoms with Gasteiger partial charge in [0.05, 0.1) is 13.1 Å². The van der Waals surface area contributed by atoms with Crippen LogP contribution in [-0.2, 0) is 9.59 Å². The second-order valence-electron chi connectivity index (χ2n) is 5.68. The van der Waals surface area contributed by atoms with Crippen LogP contribution >= 0.6 is 0 Å². The van der Waals surface area contributed by atoms with Gasteiger partial charge in [0, 0.05) is 0 Å². The van der Waals surface area contributed by atoms with E-state index < -0.39 is 11.9 Å². The number of aliphatic carboxylic acids is 2. The summed E-state index contributed by atoms with van der Waals surface area (Å²) in [5.74, 6) is -1.94. The van der Waals surface area contributed by atoms with Crippen molar-refractivity contribution in [3.05, 3.63) is 0 Å². The van der Waals surface area contributed by atoms with E-state index in [-0.39, 0.29) is 72.2 Å². The molecule has 23 heavy (non-hydrogen) atoms. The van der Waals surface area contributed by atoms with Gasteiger partial charge < -0.3 is 10.2 Å². The van der Waals surface area contributed by atoms with E-state index in [0.29, 0.717) is 6.54 Å². The minimum absolute atomic E-state index is 0. The Balaban J connectivity index is -0.00000200. The summed E-state index contributed by atoms with van der Waals surface area (Å²) in [6.45, 7) is 2.39. The van der Waals surface area contributed by atoms with Crippen LogP contribution in [0.15, 0.2) is 0 Å². The van der Waals surface area contributed by atoms with Crippen molar-refractivity contribution in [2.45, 2.75) is 71.1 Å². The molecule has 0 amide bonds. The third-order valence-electron chi connectivity index (χ3n) is 3.55. The first-order chi connectivity index (χ1) is 10.1. The van der Waals surface area contributed by atoms with Crippen LogP contribution in [0.3, 0.4) is 0 Å². The monoisotopic (exact) mass is 349 g/mol. The normalized spacial score (nSPS) is 10.0. The van der Waals surface area contributed by atoms with Crippen molar-refractivity contribution in [2.75, 3.05) is 19.6 Å². The van der Waals surface area contributed by atoms with Crippen molar-refractivity contribution in [2.24, 2.45) is 0 Å². The first-order valence-corrected chi connectivity index (χ1v) is 8.22. The van der Waals surface area contributed by atoms with Crippen molar-refractivity contribution in [1.29, 1.82) is 0 Å². The number of unbranched alkanes of at least 4 members (excludes halogenated alkanes) is 9. The fourth-order valence-corrected chi connectivity index (χ4v) is 2.42. The fraction of sp³-hybridized carbons (Fsp3) is 0.875. The van der Waals surface area contributed by atoms with Crippen LogP contribution in [0, 0.1) is 0 Å². The van der Waals surface area contributed by atoms with Gasteiger partial charge in [-0.15, -0.1) is 0 Å². The Kier molecular flexibility index (Phi) is 26.1. The Morgan fingerprint density at radius 1 is 0.696 bits per heavy atom. The van der Waals surface area contributed by atoms with Crippen LogP contribution in [0.2, 0.25) is 0 Å². The summed E-state index contributed by atoms with van der Waals surface area (Å²) in [5, 5.41) is 17.4. The van der Waals surface area contributed by atoms with E-state index in [4.69, 9.17) is 10.2 Å². The molecule has 0 saturated carbocycles. The van der Waals surface area contributed by atoms with Gasteiger partial charge in [-0.3, -0.25) is 14.5 Å². The maximum atomic E-state index is 10.6. The van der Waals surface area contributed by atoms with Gasteiger partial charge in [0.25, 0.3) is 0 Å². The summed E-state index contributed by atoms with van der Waals surface area (Å²) in [7, 11) is 0. The fourth-order valence-electron chi connectivity index (χ4n) is 2.42. The van der Waals surface area contributed by atoms with Crippen LogP contribution in [0.5, 0.6) is 0 Å². The average Bonchev–Trinajstić information content (AvgIpc) is 2.39. The molecule has 7 heteroatoms. The van der Waals surface area contributed by atoms with Gasteiger partial charge >= 0.3 is 71.1 Å². The molecule has 0 aliphatic heterocycles. The predicted octanol–water partition coefficient (Wildman–Crippen LogP) is 2.08. The Labute approximate surface area is 185 Å². The van der Waals surface area contributed by atoms with Gasteiger partial charge in [0.15, 0.2) is 0 Å². The van der Waals surface area contributed by atoms with Gasteiger partial charge in [-0.1, -0.05) is 64.7 Å². The molecule has 128 valence electrons. The van der Waals surface area contributed by atoms with E-state index in [9.17, 15) is 9.59 Å². The summed E-state index contributed by atoms with van der Waals surface area (Å²) in [5.41, 5.74) is 0. The Morgan fingerprint density at radius 2 is 1.04 bits per heavy atom. The molecule has 0 atom stereocenters. The molecule has 0 rings (SSSR count). The number of carboxylic acid groups (broad SMARTS) is 2. The van der Waals surface area contributed by atoms with E-state index in [1.54, 1.807) is 0 Å². The Bertz CT molecular complexity index is 275. The zero-order valence-electron chi connectivity index (χ0n) is 13.4. The summed E-state index contributed by atoms with van der Waals surface area (Å²) in [6, 6.07) is 0. The summed E-state index contributed by atoms with van der Waals surface area (Å²) >= 11 is 0. The van der Waals surface area contributed by atoms with Crippen molar-refractivity contribution >= 4 is 71.1 Å². The molecular weight excluding hydrogens is 316 g/mol. The molecule has 0 saturated heterocycles. The van der Waals surface area contributed by atoms with Crippen LogP contribution in [0.25, 0.3) is 0 Å². The number of nitrogens with zero attached hydrogens (tertiary/aromatic N) is 1. The summed E-state index contributed by atoms with van der Waals surface area (Å²) in [6.07, 6.45) is 12.2. The SMILES string of the molecule is CCCCCCCCCCCCN(CC(=O)O)CC(=O)O.[NaH].[NaH]. The third-order valence-corrected chi connectivity index (χ3v) is 3.55. The van der Waals surface area contributed by atoms with Crippen LogP contribution < -0.4 is 0 Å². The van der Waals surface area contributed by atoms with Crippen LogP contribution in [0.4, 0.5) is 0 Å². The summed E-state index contributed by atoms with van der Waals surface area (Å²) < 4.78 is 0. The third kappa shape index (κ3) is 22.9. The molecule has 5 nitrogen and oxygen atoms in total. The molecule has 0 fully saturated rings. The first-order valence-electron chi connectivity index (χ1n) is 8.22. The van der Waals surface area contributed by atoms with Gasteiger partial charge in [-0.2, -0.15) is 0 Å². The number of hydrogen-bond acceptors (Lipinski definition) is 3. The van der Waals surface area contributed by atoms with E-state index >= 15 is 0 Å². The summed E-state index contributed by atoms with van der Waals surface area (Å²) in [4.78, 5) is 22.8. The molecule has 0 aromatic carbocycles. The van der Waals surface area contributed by atoms with Crippen molar-refractivity contribution in [1.82, 2.24) is 4.90 Å². The number of rotatable bonds is 15. The first kappa shape index (κ1) is 28.7. The van der Waals surface area contributed by atoms with Gasteiger partial charge in [0.2, 0.25) is 0 Å². The zero-order chi connectivity index (χ0) is 15.9. The number of carbonyl (C=O) groups is 2. The predicted molar refractivity (Wildman–Crippen MR) is 97.9 cm³/mol. The number of hydrogen-bond donors (Lipinski definition) is 2. The zero-order valence-corrected chi connectivity index (χ0v) is 13.4. The van der Waals surface area contributed by atoms with Crippen LogP contribution in [-0.4, -0.2) is 106 Å². The van der Waals surface area contributed by atoms with Gasteiger partial charge in [0.1, 0.15) is 0 Å². The standard InChI is InChI=1S/C16H31NO4.2Na.2H/c1-2-3-4-5-6-7-8-9-10-11-12-17(13-15(18)19)14-16(20)21;;;;/h2-14H2,1H3,(H,18,19)(H,20,21);;;;. The molecule has 0 heterocycles. The van der Waals surface area contributed by atoms with Crippen LogP contribution in [0.1, 0.15) is 71.1 Å². The molecule has 0 bridgehead atoms. The van der Waals surface area contributed by atoms with E-state index in [1.165, 1.54) is 49.8 Å². The molecule has 0 aromatic rings. The molecule has 0 unspecified atom stereocenters. The second-order valence-corrected chi connectivity index (χ2v) is 5.68.